The number of nitrogens with one attached hydrogen (secondary N) is 2. The fraction of sp³-hybridized carbons (Fsp3) is 0.545. The Balaban J connectivity index is 2.10. The average Bonchev–Trinajstić information content (AvgIpc) is 3.09. The smallest absolute Gasteiger partial charge is 0.147 e. The third kappa shape index (κ3) is 2.92. The number of rotatable bonds is 5. The lowest BCUT2D eigenvalue weighted by Gasteiger charge is -2.15. The van der Waals surface area contributed by atoms with Crippen LogP contribution in [0.4, 0.5) is 11.6 Å². The molecule has 1 heterocycles. The van der Waals surface area contributed by atoms with E-state index in [1.54, 1.807) is 13.1 Å². The van der Waals surface area contributed by atoms with Gasteiger partial charge in [0.1, 0.15) is 11.6 Å². The monoisotopic (exact) mass is 291 g/mol. The van der Waals surface area contributed by atoms with Gasteiger partial charge >= 0.3 is 0 Å². The summed E-state index contributed by atoms with van der Waals surface area (Å²) in [5, 5.41) is 7.35. The zero-order chi connectivity index (χ0) is 12.5. The Labute approximate surface area is 116 Å². The number of thioether (sulfide) groups is 1. The molecule has 0 saturated heterocycles. The molecule has 0 amide bonds. The second kappa shape index (κ2) is 5.12. The molecule has 2 rings (SSSR count). The van der Waals surface area contributed by atoms with E-state index in [1.165, 1.54) is 12.8 Å². The summed E-state index contributed by atoms with van der Waals surface area (Å²) in [6.07, 6.45) is 4.65. The number of hydrogen-bond acceptors (Lipinski definition) is 4. The molecule has 2 N–H and O–H groups in total. The fourth-order valence-electron chi connectivity index (χ4n) is 1.60. The quantitative estimate of drug-likeness (QED) is 0.867. The third-order valence-electron chi connectivity index (χ3n) is 2.98. The minimum absolute atomic E-state index is 0.379. The summed E-state index contributed by atoms with van der Waals surface area (Å²) in [6, 6.07) is 1.71. The number of nitrogens with zero attached hydrogens (tertiary/aromatic N) is 1. The lowest BCUT2D eigenvalue weighted by Crippen LogP contribution is -2.18. The SMILES string of the molecule is CNc1nc(NCC2(SC)CC2)c(Cl)cc1Cl. The maximum atomic E-state index is 6.11. The van der Waals surface area contributed by atoms with Gasteiger partial charge in [0.15, 0.2) is 0 Å². The first kappa shape index (κ1) is 13.1. The van der Waals surface area contributed by atoms with Gasteiger partial charge in [-0.2, -0.15) is 11.8 Å². The Morgan fingerprint density at radius 2 is 2.00 bits per heavy atom. The molecule has 17 heavy (non-hydrogen) atoms. The van der Waals surface area contributed by atoms with E-state index in [2.05, 4.69) is 21.9 Å². The van der Waals surface area contributed by atoms with Gasteiger partial charge in [-0.15, -0.1) is 0 Å². The maximum absolute atomic E-state index is 6.11. The van der Waals surface area contributed by atoms with Crippen molar-refractivity contribution in [3.63, 3.8) is 0 Å². The highest BCUT2D eigenvalue weighted by Gasteiger charge is 2.41. The highest BCUT2D eigenvalue weighted by atomic mass is 35.5. The minimum atomic E-state index is 0.379. The summed E-state index contributed by atoms with van der Waals surface area (Å²) in [5.74, 6) is 1.34. The summed E-state index contributed by atoms with van der Waals surface area (Å²) in [4.78, 5) is 4.36. The summed E-state index contributed by atoms with van der Waals surface area (Å²) in [5.41, 5.74) is 0. The van der Waals surface area contributed by atoms with Gasteiger partial charge in [-0.1, -0.05) is 23.2 Å². The number of aromatic nitrogens is 1. The molecular weight excluding hydrogens is 277 g/mol. The standard InChI is InChI=1S/C11H15Cl2N3S/c1-14-9-7(12)5-8(13)10(16-9)15-6-11(17-2)3-4-11/h5H,3-4,6H2,1-2H3,(H2,14,15,16). The second-order valence-corrected chi connectivity index (χ2v) is 6.23. The molecular formula is C11H15Cl2N3S. The molecule has 1 aliphatic carbocycles. The third-order valence-corrected chi connectivity index (χ3v) is 4.98. The topological polar surface area (TPSA) is 37.0 Å². The maximum Gasteiger partial charge on any atom is 0.147 e. The molecule has 3 nitrogen and oxygen atoms in total. The van der Waals surface area contributed by atoms with Crippen LogP contribution in [0.1, 0.15) is 12.8 Å². The van der Waals surface area contributed by atoms with E-state index in [0.717, 1.165) is 6.54 Å². The van der Waals surface area contributed by atoms with Gasteiger partial charge in [0.2, 0.25) is 0 Å². The van der Waals surface area contributed by atoms with Crippen molar-refractivity contribution in [3.05, 3.63) is 16.1 Å². The largest absolute Gasteiger partial charge is 0.372 e. The molecule has 0 spiro atoms. The van der Waals surface area contributed by atoms with Crippen molar-refractivity contribution >= 4 is 46.6 Å². The van der Waals surface area contributed by atoms with Crippen LogP contribution in [0, 0.1) is 0 Å². The van der Waals surface area contributed by atoms with Crippen LogP contribution in [0.25, 0.3) is 0 Å². The van der Waals surface area contributed by atoms with Gasteiger partial charge in [0.25, 0.3) is 0 Å². The van der Waals surface area contributed by atoms with Crippen LogP contribution in [-0.4, -0.2) is 29.6 Å². The molecule has 94 valence electrons. The van der Waals surface area contributed by atoms with E-state index in [9.17, 15) is 0 Å². The van der Waals surface area contributed by atoms with Crippen molar-refractivity contribution in [2.24, 2.45) is 0 Å². The van der Waals surface area contributed by atoms with Crippen molar-refractivity contribution in [2.75, 3.05) is 30.5 Å². The molecule has 1 saturated carbocycles. The first-order valence-electron chi connectivity index (χ1n) is 5.43. The van der Waals surface area contributed by atoms with Crippen molar-refractivity contribution in [3.8, 4) is 0 Å². The zero-order valence-corrected chi connectivity index (χ0v) is 12.1. The molecule has 0 atom stereocenters. The van der Waals surface area contributed by atoms with Gasteiger partial charge in [0, 0.05) is 18.3 Å². The molecule has 0 aliphatic heterocycles. The van der Waals surface area contributed by atoms with E-state index in [0.29, 0.717) is 26.4 Å². The molecule has 0 unspecified atom stereocenters. The van der Waals surface area contributed by atoms with Crippen molar-refractivity contribution in [1.82, 2.24) is 4.98 Å². The van der Waals surface area contributed by atoms with E-state index < -0.39 is 0 Å². The number of halogens is 2. The number of anilines is 2. The molecule has 1 aromatic rings. The van der Waals surface area contributed by atoms with Crippen molar-refractivity contribution in [2.45, 2.75) is 17.6 Å². The Morgan fingerprint density at radius 3 is 2.53 bits per heavy atom. The van der Waals surface area contributed by atoms with E-state index in [4.69, 9.17) is 23.2 Å². The predicted octanol–water partition coefficient (Wildman–Crippen LogP) is 3.74. The van der Waals surface area contributed by atoms with Gasteiger partial charge in [0.05, 0.1) is 10.0 Å². The van der Waals surface area contributed by atoms with Crippen LogP contribution in [0.2, 0.25) is 10.0 Å². The van der Waals surface area contributed by atoms with Crippen LogP contribution in [-0.2, 0) is 0 Å². The summed E-state index contributed by atoms with van der Waals surface area (Å²) in [7, 11) is 1.79. The number of pyridine rings is 1. The summed E-state index contributed by atoms with van der Waals surface area (Å²) < 4.78 is 0.379. The zero-order valence-electron chi connectivity index (χ0n) is 9.81. The first-order chi connectivity index (χ1) is 8.10. The summed E-state index contributed by atoms with van der Waals surface area (Å²) in [6.45, 7) is 0.895. The van der Waals surface area contributed by atoms with E-state index in [-0.39, 0.29) is 0 Å². The number of hydrogen-bond donors (Lipinski definition) is 2. The van der Waals surface area contributed by atoms with E-state index >= 15 is 0 Å². The van der Waals surface area contributed by atoms with Crippen LogP contribution in [0.5, 0.6) is 0 Å². The predicted molar refractivity (Wildman–Crippen MR) is 77.8 cm³/mol. The van der Waals surface area contributed by atoms with E-state index in [1.807, 2.05) is 11.8 Å². The molecule has 1 fully saturated rings. The molecule has 1 aromatic heterocycles. The van der Waals surface area contributed by atoms with Gasteiger partial charge < -0.3 is 10.6 Å². The van der Waals surface area contributed by atoms with Gasteiger partial charge in [-0.05, 0) is 25.2 Å². The highest BCUT2D eigenvalue weighted by Crippen LogP contribution is 2.47. The Kier molecular flexibility index (Phi) is 3.95. The fourth-order valence-corrected chi connectivity index (χ4v) is 2.85. The van der Waals surface area contributed by atoms with Gasteiger partial charge in [-0.25, -0.2) is 4.98 Å². The highest BCUT2D eigenvalue weighted by molar-refractivity contribution is 8.00. The molecule has 0 bridgehead atoms. The van der Waals surface area contributed by atoms with Crippen LogP contribution < -0.4 is 10.6 Å². The van der Waals surface area contributed by atoms with Crippen LogP contribution in [0.3, 0.4) is 0 Å². The Morgan fingerprint density at radius 1 is 1.35 bits per heavy atom. The van der Waals surface area contributed by atoms with Gasteiger partial charge in [-0.3, -0.25) is 0 Å². The molecule has 1 aliphatic rings. The second-order valence-electron chi connectivity index (χ2n) is 4.14. The minimum Gasteiger partial charge on any atom is -0.372 e. The lowest BCUT2D eigenvalue weighted by molar-refractivity contribution is 0.941. The normalized spacial score (nSPS) is 16.7. The first-order valence-corrected chi connectivity index (χ1v) is 7.41. The summed E-state index contributed by atoms with van der Waals surface area (Å²) >= 11 is 14.0. The average molecular weight is 292 g/mol. The molecule has 0 aromatic carbocycles. The lowest BCUT2D eigenvalue weighted by atomic mass is 10.3. The Hall–Kier alpha value is -0.320. The van der Waals surface area contributed by atoms with Crippen molar-refractivity contribution in [1.29, 1.82) is 0 Å². The molecule has 6 heteroatoms. The van der Waals surface area contributed by atoms with Crippen molar-refractivity contribution < 1.29 is 0 Å². The Bertz CT molecular complexity index is 421. The molecule has 0 radical (unpaired) electrons. The van der Waals surface area contributed by atoms with Crippen LogP contribution in [0.15, 0.2) is 6.07 Å². The van der Waals surface area contributed by atoms with Crippen LogP contribution >= 0.6 is 35.0 Å².